The summed E-state index contributed by atoms with van der Waals surface area (Å²) in [5, 5.41) is 7.78. The summed E-state index contributed by atoms with van der Waals surface area (Å²) in [5.74, 6) is 2.17. The first kappa shape index (κ1) is 20.6. The molecule has 1 atom stereocenters. The Morgan fingerprint density at radius 3 is 2.79 bits per heavy atom. The van der Waals surface area contributed by atoms with Crippen molar-refractivity contribution in [2.45, 2.75) is 40.3 Å². The molecular formula is C21H30N4O2S. The molecule has 6 nitrogen and oxygen atoms in total. The average molecular weight is 403 g/mol. The lowest BCUT2D eigenvalue weighted by molar-refractivity contribution is 0.166. The van der Waals surface area contributed by atoms with Gasteiger partial charge in [0.05, 0.1) is 25.5 Å². The number of aliphatic imine (C=N–C) groups is 1. The number of benzene rings is 1. The topological polar surface area (TPSA) is 67.8 Å². The molecule has 0 spiro atoms. The molecule has 152 valence electrons. The van der Waals surface area contributed by atoms with Crippen LogP contribution in [0.2, 0.25) is 0 Å². The minimum absolute atomic E-state index is 0.487. The first-order valence-electron chi connectivity index (χ1n) is 9.72. The lowest BCUT2D eigenvalue weighted by Crippen LogP contribution is -2.36. The predicted octanol–water partition coefficient (Wildman–Crippen LogP) is 3.35. The van der Waals surface area contributed by atoms with Gasteiger partial charge in [-0.15, -0.1) is 11.3 Å². The summed E-state index contributed by atoms with van der Waals surface area (Å²) < 4.78 is 11.6. The van der Waals surface area contributed by atoms with E-state index in [0.717, 1.165) is 47.6 Å². The Morgan fingerprint density at radius 2 is 2.11 bits per heavy atom. The SMILES string of the molecule is CN=C(NCc1nc(C)c(C)s1)NCc1ccc(C)cc1OCC1CCOC1. The van der Waals surface area contributed by atoms with E-state index in [0.29, 0.717) is 25.6 Å². The first-order valence-corrected chi connectivity index (χ1v) is 10.5. The number of guanidine groups is 1. The summed E-state index contributed by atoms with van der Waals surface area (Å²) in [5.41, 5.74) is 3.41. The number of aryl methyl sites for hydroxylation is 3. The molecule has 0 bridgehead atoms. The van der Waals surface area contributed by atoms with Gasteiger partial charge in [-0.3, -0.25) is 4.99 Å². The number of ether oxygens (including phenoxy) is 2. The maximum absolute atomic E-state index is 6.12. The monoisotopic (exact) mass is 402 g/mol. The molecule has 2 heterocycles. The summed E-state index contributed by atoms with van der Waals surface area (Å²) in [7, 11) is 1.78. The van der Waals surface area contributed by atoms with Gasteiger partial charge in [0, 0.05) is 36.6 Å². The maximum atomic E-state index is 6.12. The van der Waals surface area contributed by atoms with E-state index in [1.165, 1.54) is 10.4 Å². The van der Waals surface area contributed by atoms with Gasteiger partial charge in [-0.2, -0.15) is 0 Å². The molecule has 1 aliphatic rings. The number of nitrogens with one attached hydrogen (secondary N) is 2. The highest BCUT2D eigenvalue weighted by molar-refractivity contribution is 7.11. The van der Waals surface area contributed by atoms with E-state index in [-0.39, 0.29) is 0 Å². The Balaban J connectivity index is 1.55. The van der Waals surface area contributed by atoms with Crippen LogP contribution in [0.4, 0.5) is 0 Å². The van der Waals surface area contributed by atoms with E-state index in [4.69, 9.17) is 9.47 Å². The second-order valence-corrected chi connectivity index (χ2v) is 8.47. The number of hydrogen-bond acceptors (Lipinski definition) is 5. The van der Waals surface area contributed by atoms with Crippen LogP contribution in [0, 0.1) is 26.7 Å². The molecule has 1 fully saturated rings. The van der Waals surface area contributed by atoms with Gasteiger partial charge in [0.2, 0.25) is 0 Å². The lowest BCUT2D eigenvalue weighted by Gasteiger charge is -2.16. The molecule has 28 heavy (non-hydrogen) atoms. The Kier molecular flexibility index (Phi) is 7.28. The summed E-state index contributed by atoms with van der Waals surface area (Å²) >= 11 is 1.72. The molecule has 7 heteroatoms. The van der Waals surface area contributed by atoms with Crippen molar-refractivity contribution in [3.8, 4) is 5.75 Å². The molecule has 2 aromatic rings. The zero-order valence-corrected chi connectivity index (χ0v) is 18.0. The van der Waals surface area contributed by atoms with Gasteiger partial charge in [-0.25, -0.2) is 4.98 Å². The van der Waals surface area contributed by atoms with Crippen LogP contribution in [0.1, 0.15) is 33.1 Å². The quantitative estimate of drug-likeness (QED) is 0.549. The van der Waals surface area contributed by atoms with E-state index < -0.39 is 0 Å². The second kappa shape index (κ2) is 9.89. The van der Waals surface area contributed by atoms with Crippen LogP contribution in [-0.4, -0.2) is 37.8 Å². The molecule has 1 aliphatic heterocycles. The zero-order valence-electron chi connectivity index (χ0n) is 17.2. The molecule has 2 N–H and O–H groups in total. The van der Waals surface area contributed by atoms with Crippen LogP contribution in [0.3, 0.4) is 0 Å². The van der Waals surface area contributed by atoms with Crippen molar-refractivity contribution in [1.82, 2.24) is 15.6 Å². The highest BCUT2D eigenvalue weighted by atomic mass is 32.1. The van der Waals surface area contributed by atoms with Crippen LogP contribution in [-0.2, 0) is 17.8 Å². The molecule has 1 aromatic carbocycles. The third-order valence-corrected chi connectivity index (χ3v) is 5.94. The molecule has 1 unspecified atom stereocenters. The van der Waals surface area contributed by atoms with E-state index in [2.05, 4.69) is 52.7 Å². The van der Waals surface area contributed by atoms with E-state index in [1.807, 2.05) is 6.92 Å². The Bertz CT molecular complexity index is 793. The summed E-state index contributed by atoms with van der Waals surface area (Å²) in [4.78, 5) is 10.1. The van der Waals surface area contributed by atoms with Gasteiger partial charge in [0.1, 0.15) is 10.8 Å². The molecule has 1 aromatic heterocycles. The summed E-state index contributed by atoms with van der Waals surface area (Å²) in [6.07, 6.45) is 1.08. The van der Waals surface area contributed by atoms with Crippen molar-refractivity contribution < 1.29 is 9.47 Å². The third-order valence-electron chi connectivity index (χ3n) is 4.87. The largest absolute Gasteiger partial charge is 0.493 e. The molecule has 1 saturated heterocycles. The van der Waals surface area contributed by atoms with E-state index in [9.17, 15) is 0 Å². The lowest BCUT2D eigenvalue weighted by atomic mass is 10.1. The second-order valence-electron chi connectivity index (χ2n) is 7.18. The molecule has 0 amide bonds. The van der Waals surface area contributed by atoms with Crippen molar-refractivity contribution in [3.05, 3.63) is 44.9 Å². The number of hydrogen-bond donors (Lipinski definition) is 2. The highest BCUT2D eigenvalue weighted by Gasteiger charge is 2.17. The summed E-state index contributed by atoms with van der Waals surface area (Å²) in [6, 6.07) is 6.33. The van der Waals surface area contributed by atoms with Crippen molar-refractivity contribution in [2.75, 3.05) is 26.9 Å². The van der Waals surface area contributed by atoms with Gasteiger partial charge in [0.25, 0.3) is 0 Å². The Morgan fingerprint density at radius 1 is 1.29 bits per heavy atom. The molecule has 0 radical (unpaired) electrons. The number of thiazole rings is 1. The fourth-order valence-corrected chi connectivity index (χ4v) is 3.91. The van der Waals surface area contributed by atoms with E-state index in [1.54, 1.807) is 18.4 Å². The van der Waals surface area contributed by atoms with Crippen molar-refractivity contribution in [3.63, 3.8) is 0 Å². The van der Waals surface area contributed by atoms with Gasteiger partial charge >= 0.3 is 0 Å². The van der Waals surface area contributed by atoms with Crippen LogP contribution < -0.4 is 15.4 Å². The highest BCUT2D eigenvalue weighted by Crippen LogP contribution is 2.22. The van der Waals surface area contributed by atoms with Crippen LogP contribution in [0.15, 0.2) is 23.2 Å². The van der Waals surface area contributed by atoms with Crippen LogP contribution >= 0.6 is 11.3 Å². The van der Waals surface area contributed by atoms with Gasteiger partial charge in [-0.1, -0.05) is 12.1 Å². The number of nitrogens with zero attached hydrogens (tertiary/aromatic N) is 2. The third kappa shape index (κ3) is 5.69. The smallest absolute Gasteiger partial charge is 0.191 e. The van der Waals surface area contributed by atoms with Gasteiger partial charge in [-0.05, 0) is 38.8 Å². The van der Waals surface area contributed by atoms with Gasteiger partial charge in [0.15, 0.2) is 5.96 Å². The first-order chi connectivity index (χ1) is 13.5. The fourth-order valence-electron chi connectivity index (χ4n) is 3.04. The summed E-state index contributed by atoms with van der Waals surface area (Å²) in [6.45, 7) is 9.87. The average Bonchev–Trinajstić information content (AvgIpc) is 3.31. The molecule has 0 aliphatic carbocycles. The van der Waals surface area contributed by atoms with Crippen molar-refractivity contribution in [1.29, 1.82) is 0 Å². The maximum Gasteiger partial charge on any atom is 0.191 e. The minimum atomic E-state index is 0.487. The van der Waals surface area contributed by atoms with Crippen molar-refractivity contribution in [2.24, 2.45) is 10.9 Å². The van der Waals surface area contributed by atoms with E-state index >= 15 is 0 Å². The molecular weight excluding hydrogens is 372 g/mol. The minimum Gasteiger partial charge on any atom is -0.493 e. The van der Waals surface area contributed by atoms with Crippen LogP contribution in [0.5, 0.6) is 5.75 Å². The standard InChI is InChI=1S/C21H30N4O2S/c1-14-5-6-18(19(9-14)27-13-17-7-8-26-12-17)10-23-21(22-4)24-11-20-25-15(2)16(3)28-20/h5-6,9,17H,7-8,10-13H2,1-4H3,(H2,22,23,24). The number of rotatable bonds is 7. The fraction of sp³-hybridized carbons (Fsp3) is 0.524. The van der Waals surface area contributed by atoms with Gasteiger partial charge < -0.3 is 20.1 Å². The predicted molar refractivity (Wildman–Crippen MR) is 114 cm³/mol. The molecule has 0 saturated carbocycles. The Hall–Kier alpha value is -2.12. The Labute approximate surface area is 171 Å². The zero-order chi connectivity index (χ0) is 19.9. The van der Waals surface area contributed by atoms with Crippen LogP contribution in [0.25, 0.3) is 0 Å². The number of aromatic nitrogens is 1. The molecule has 3 rings (SSSR count). The normalized spacial score (nSPS) is 17.0. The van der Waals surface area contributed by atoms with Crippen molar-refractivity contribution >= 4 is 17.3 Å².